The van der Waals surface area contributed by atoms with Gasteiger partial charge in [0.05, 0.1) is 19.2 Å². The third kappa shape index (κ3) is 2.95. The van der Waals surface area contributed by atoms with Crippen molar-refractivity contribution in [2.75, 3.05) is 17.3 Å². The molecule has 0 spiro atoms. The van der Waals surface area contributed by atoms with Gasteiger partial charge in [0.2, 0.25) is 5.91 Å². The van der Waals surface area contributed by atoms with Crippen LogP contribution in [0.1, 0.15) is 12.0 Å². The largest absolute Gasteiger partial charge is 0.497 e. The fourth-order valence-electron chi connectivity index (χ4n) is 2.74. The molecule has 1 aliphatic heterocycles. The molecule has 0 aromatic heterocycles. The van der Waals surface area contributed by atoms with Crippen molar-refractivity contribution >= 4 is 23.2 Å². The summed E-state index contributed by atoms with van der Waals surface area (Å²) in [7, 11) is 1.52. The van der Waals surface area contributed by atoms with Gasteiger partial charge in [-0.05, 0) is 42.8 Å². The molecular weight excluding hydrogens is 311 g/mol. The van der Waals surface area contributed by atoms with Gasteiger partial charge in [0.25, 0.3) is 5.91 Å². The van der Waals surface area contributed by atoms with E-state index in [1.807, 2.05) is 0 Å². The van der Waals surface area contributed by atoms with Crippen LogP contribution in [0.15, 0.2) is 42.5 Å². The third-order valence-corrected chi connectivity index (χ3v) is 3.98. The molecule has 0 saturated carbocycles. The predicted molar refractivity (Wildman–Crippen MR) is 88.7 cm³/mol. The summed E-state index contributed by atoms with van der Waals surface area (Å²) < 4.78 is 18.3. The van der Waals surface area contributed by atoms with Crippen molar-refractivity contribution in [3.8, 4) is 5.75 Å². The van der Waals surface area contributed by atoms with Gasteiger partial charge in [0.15, 0.2) is 0 Å². The highest BCUT2D eigenvalue weighted by Crippen LogP contribution is 2.28. The van der Waals surface area contributed by atoms with Crippen LogP contribution in [0, 0.1) is 12.7 Å². The summed E-state index contributed by atoms with van der Waals surface area (Å²) >= 11 is 0. The molecule has 6 heteroatoms. The van der Waals surface area contributed by atoms with Gasteiger partial charge in [-0.3, -0.25) is 9.59 Å². The number of carbonyl (C=O) groups excluding carboxylic acids is 2. The molecule has 1 fully saturated rings. The Morgan fingerprint density at radius 1 is 1.21 bits per heavy atom. The average molecular weight is 328 g/mol. The zero-order valence-corrected chi connectivity index (χ0v) is 13.4. The zero-order valence-electron chi connectivity index (χ0n) is 13.4. The Labute approximate surface area is 139 Å². The quantitative estimate of drug-likeness (QED) is 0.877. The maximum absolute atomic E-state index is 13.2. The molecule has 24 heavy (non-hydrogen) atoms. The molecule has 1 heterocycles. The number of carbonyl (C=O) groups is 2. The number of rotatable bonds is 4. The Bertz CT molecular complexity index is 807. The Morgan fingerprint density at radius 2 is 2.00 bits per heavy atom. The van der Waals surface area contributed by atoms with E-state index < -0.39 is 6.04 Å². The van der Waals surface area contributed by atoms with Crippen molar-refractivity contribution in [1.82, 2.24) is 0 Å². The van der Waals surface area contributed by atoms with Crippen LogP contribution in [-0.4, -0.2) is 25.0 Å². The lowest BCUT2D eigenvalue weighted by molar-refractivity contribution is -0.121. The average Bonchev–Trinajstić information content (AvgIpc) is 2.84. The summed E-state index contributed by atoms with van der Waals surface area (Å²) in [5, 5.41) is 3.03. The predicted octanol–water partition coefficient (Wildman–Crippen LogP) is 2.89. The van der Waals surface area contributed by atoms with Gasteiger partial charge in [0.1, 0.15) is 17.6 Å². The van der Waals surface area contributed by atoms with Crippen molar-refractivity contribution in [1.29, 1.82) is 0 Å². The summed E-state index contributed by atoms with van der Waals surface area (Å²) in [6, 6.07) is 10.4. The van der Waals surface area contributed by atoms with Crippen LogP contribution >= 0.6 is 0 Å². The van der Waals surface area contributed by atoms with E-state index in [1.165, 1.54) is 19.2 Å². The molecule has 0 bridgehead atoms. The fourth-order valence-corrected chi connectivity index (χ4v) is 2.74. The second-order valence-corrected chi connectivity index (χ2v) is 5.63. The Balaban J connectivity index is 1.83. The van der Waals surface area contributed by atoms with Crippen molar-refractivity contribution in [3.63, 3.8) is 0 Å². The van der Waals surface area contributed by atoms with Crippen LogP contribution in [0.2, 0.25) is 0 Å². The highest BCUT2D eigenvalue weighted by molar-refractivity contribution is 6.23. The van der Waals surface area contributed by atoms with Crippen LogP contribution in [0.3, 0.4) is 0 Å². The van der Waals surface area contributed by atoms with E-state index in [4.69, 9.17) is 4.74 Å². The molecule has 0 radical (unpaired) electrons. The number of anilines is 2. The summed E-state index contributed by atoms with van der Waals surface area (Å²) in [5.41, 5.74) is 1.79. The molecule has 124 valence electrons. The van der Waals surface area contributed by atoms with Gasteiger partial charge in [-0.2, -0.15) is 0 Å². The monoisotopic (exact) mass is 328 g/mol. The lowest BCUT2D eigenvalue weighted by atomic mass is 10.1. The normalized spacial score (nSPS) is 17.3. The molecule has 1 atom stereocenters. The molecule has 1 unspecified atom stereocenters. The van der Waals surface area contributed by atoms with Gasteiger partial charge < -0.3 is 10.1 Å². The van der Waals surface area contributed by atoms with Gasteiger partial charge >= 0.3 is 0 Å². The molecule has 2 aromatic rings. The molecule has 1 N–H and O–H groups in total. The van der Waals surface area contributed by atoms with Crippen LogP contribution in [0.5, 0.6) is 5.75 Å². The number of hydrogen-bond donors (Lipinski definition) is 1. The summed E-state index contributed by atoms with van der Waals surface area (Å²) in [6.45, 7) is 1.74. The standard InChI is InChI=1S/C18H17FN2O3/c1-11-8-12(19)6-7-15(11)20-16-10-17(22)21(18(16)23)13-4-3-5-14(9-13)24-2/h3-9,16,20H,10H2,1-2H3. The van der Waals surface area contributed by atoms with Crippen LogP contribution in [0.25, 0.3) is 0 Å². The topological polar surface area (TPSA) is 58.6 Å². The molecule has 2 aromatic carbocycles. The highest BCUT2D eigenvalue weighted by atomic mass is 19.1. The first-order valence-corrected chi connectivity index (χ1v) is 7.53. The molecular formula is C18H17FN2O3. The minimum Gasteiger partial charge on any atom is -0.497 e. The van der Waals surface area contributed by atoms with Crippen LogP contribution in [0.4, 0.5) is 15.8 Å². The number of halogens is 1. The van der Waals surface area contributed by atoms with Crippen molar-refractivity contribution < 1.29 is 18.7 Å². The number of benzene rings is 2. The molecule has 1 saturated heterocycles. The maximum atomic E-state index is 13.2. The summed E-state index contributed by atoms with van der Waals surface area (Å²) in [4.78, 5) is 26.1. The molecule has 1 aliphatic rings. The SMILES string of the molecule is COc1cccc(N2C(=O)CC(Nc3ccc(F)cc3C)C2=O)c1. The van der Waals surface area contributed by atoms with E-state index in [9.17, 15) is 14.0 Å². The first kappa shape index (κ1) is 16.0. The molecule has 0 aliphatic carbocycles. The number of hydrogen-bond acceptors (Lipinski definition) is 4. The van der Waals surface area contributed by atoms with Gasteiger partial charge in [-0.25, -0.2) is 9.29 Å². The van der Waals surface area contributed by atoms with Crippen LogP contribution < -0.4 is 15.0 Å². The van der Waals surface area contributed by atoms with Gasteiger partial charge in [-0.15, -0.1) is 0 Å². The van der Waals surface area contributed by atoms with Crippen molar-refractivity contribution in [2.45, 2.75) is 19.4 Å². The van der Waals surface area contributed by atoms with E-state index >= 15 is 0 Å². The van der Waals surface area contributed by atoms with Gasteiger partial charge in [0, 0.05) is 11.8 Å². The Kier molecular flexibility index (Phi) is 4.20. The van der Waals surface area contributed by atoms with E-state index in [0.29, 0.717) is 22.7 Å². The van der Waals surface area contributed by atoms with Crippen LogP contribution in [-0.2, 0) is 9.59 Å². The lowest BCUT2D eigenvalue weighted by Gasteiger charge is -2.17. The lowest BCUT2D eigenvalue weighted by Crippen LogP contribution is -2.34. The van der Waals surface area contributed by atoms with E-state index in [0.717, 1.165) is 4.90 Å². The van der Waals surface area contributed by atoms with Crippen molar-refractivity contribution in [2.24, 2.45) is 0 Å². The first-order valence-electron chi connectivity index (χ1n) is 7.53. The number of nitrogens with zero attached hydrogens (tertiary/aromatic N) is 1. The summed E-state index contributed by atoms with van der Waals surface area (Å²) in [6.07, 6.45) is 0.0485. The van der Waals surface area contributed by atoms with Crippen molar-refractivity contribution in [3.05, 3.63) is 53.8 Å². The minimum atomic E-state index is -0.673. The third-order valence-electron chi connectivity index (χ3n) is 3.98. The fraction of sp³-hybridized carbons (Fsp3) is 0.222. The second kappa shape index (κ2) is 6.31. The number of amides is 2. The first-order chi connectivity index (χ1) is 11.5. The number of nitrogens with one attached hydrogen (secondary N) is 1. The maximum Gasteiger partial charge on any atom is 0.256 e. The Hall–Kier alpha value is -2.89. The molecule has 5 nitrogen and oxygen atoms in total. The van der Waals surface area contributed by atoms with E-state index in [1.54, 1.807) is 37.3 Å². The second-order valence-electron chi connectivity index (χ2n) is 5.63. The smallest absolute Gasteiger partial charge is 0.256 e. The number of aryl methyl sites for hydroxylation is 1. The molecule has 2 amide bonds. The zero-order chi connectivity index (χ0) is 17.3. The van der Waals surface area contributed by atoms with Gasteiger partial charge in [-0.1, -0.05) is 6.07 Å². The number of imide groups is 1. The minimum absolute atomic E-state index is 0.0485. The highest BCUT2D eigenvalue weighted by Gasteiger charge is 2.39. The Morgan fingerprint density at radius 3 is 2.71 bits per heavy atom. The van der Waals surface area contributed by atoms with E-state index in [-0.39, 0.29) is 24.1 Å². The number of ether oxygens (including phenoxy) is 1. The summed E-state index contributed by atoms with van der Waals surface area (Å²) in [5.74, 6) is -0.397. The van der Waals surface area contributed by atoms with E-state index in [2.05, 4.69) is 5.32 Å². The number of methoxy groups -OCH3 is 1. The molecule has 3 rings (SSSR count).